The Hall–Kier alpha value is -1.48. The molecule has 1 amide bonds. The van der Waals surface area contributed by atoms with E-state index in [-0.39, 0.29) is 30.7 Å². The lowest BCUT2D eigenvalue weighted by Crippen LogP contribution is -2.33. The summed E-state index contributed by atoms with van der Waals surface area (Å²) in [6.07, 6.45) is 0.677. The van der Waals surface area contributed by atoms with E-state index < -0.39 is 6.04 Å². The van der Waals surface area contributed by atoms with Crippen LogP contribution in [0.25, 0.3) is 0 Å². The van der Waals surface area contributed by atoms with Gasteiger partial charge in [-0.1, -0.05) is 0 Å². The van der Waals surface area contributed by atoms with Crippen molar-refractivity contribution in [1.82, 2.24) is 4.90 Å². The number of carbonyl (C=O) groups is 1. The van der Waals surface area contributed by atoms with Gasteiger partial charge in [-0.05, 0) is 30.2 Å². The molecule has 104 valence electrons. The van der Waals surface area contributed by atoms with Crippen LogP contribution in [0, 0.1) is 11.3 Å². The zero-order valence-electron chi connectivity index (χ0n) is 10.2. The van der Waals surface area contributed by atoms with E-state index in [0.29, 0.717) is 30.8 Å². The Morgan fingerprint density at radius 2 is 2.11 bits per heavy atom. The molecule has 1 aliphatic heterocycles. The fourth-order valence-corrected chi connectivity index (χ4v) is 1.94. The second-order valence-corrected chi connectivity index (χ2v) is 4.18. The maximum atomic E-state index is 11.7. The van der Waals surface area contributed by atoms with Crippen LogP contribution < -0.4 is 11.5 Å². The second kappa shape index (κ2) is 7.19. The second-order valence-electron chi connectivity index (χ2n) is 4.18. The first kappa shape index (κ1) is 17.5. The highest BCUT2D eigenvalue weighted by Gasteiger charge is 2.28. The van der Waals surface area contributed by atoms with Crippen LogP contribution in [-0.2, 0) is 11.3 Å². The van der Waals surface area contributed by atoms with Crippen molar-refractivity contribution in [3.8, 4) is 6.07 Å². The van der Waals surface area contributed by atoms with Crippen molar-refractivity contribution in [2.24, 2.45) is 5.73 Å². The summed E-state index contributed by atoms with van der Waals surface area (Å²) in [6.45, 7) is 1.07. The molecule has 5 nitrogen and oxygen atoms in total. The molecular weight excluding hydrogens is 287 g/mol. The third-order valence-corrected chi connectivity index (χ3v) is 2.97. The number of halogens is 2. The summed E-state index contributed by atoms with van der Waals surface area (Å²) in [6, 6.07) is 6.73. The Bertz CT molecular complexity index is 501. The average Bonchev–Trinajstić information content (AvgIpc) is 2.64. The highest BCUT2D eigenvalue weighted by Crippen LogP contribution is 2.19. The van der Waals surface area contributed by atoms with Crippen molar-refractivity contribution in [2.75, 3.05) is 12.3 Å². The van der Waals surface area contributed by atoms with Gasteiger partial charge >= 0.3 is 0 Å². The number of likely N-dealkylation sites (tertiary alicyclic amines) is 1. The minimum absolute atomic E-state index is 0. The van der Waals surface area contributed by atoms with Crippen LogP contribution in [0.5, 0.6) is 0 Å². The molecule has 1 fully saturated rings. The van der Waals surface area contributed by atoms with Crippen LogP contribution >= 0.6 is 24.8 Å². The molecule has 4 N–H and O–H groups in total. The monoisotopic (exact) mass is 302 g/mol. The molecule has 7 heteroatoms. The third-order valence-electron chi connectivity index (χ3n) is 2.97. The zero-order chi connectivity index (χ0) is 12.4. The number of hydrogen-bond donors (Lipinski definition) is 2. The van der Waals surface area contributed by atoms with E-state index in [9.17, 15) is 4.79 Å². The van der Waals surface area contributed by atoms with Crippen molar-refractivity contribution < 1.29 is 4.79 Å². The van der Waals surface area contributed by atoms with E-state index in [1.165, 1.54) is 0 Å². The van der Waals surface area contributed by atoms with E-state index in [0.717, 1.165) is 5.56 Å². The van der Waals surface area contributed by atoms with Crippen LogP contribution in [0.2, 0.25) is 0 Å². The van der Waals surface area contributed by atoms with Crippen LogP contribution in [0.15, 0.2) is 18.2 Å². The Kier molecular flexibility index (Phi) is 6.63. The fourth-order valence-electron chi connectivity index (χ4n) is 1.94. The number of anilines is 1. The Labute approximate surface area is 124 Å². The minimum atomic E-state index is -0.393. The van der Waals surface area contributed by atoms with Crippen molar-refractivity contribution in [3.05, 3.63) is 29.3 Å². The summed E-state index contributed by atoms with van der Waals surface area (Å²) in [5, 5.41) is 8.82. The van der Waals surface area contributed by atoms with Gasteiger partial charge in [0.05, 0.1) is 17.7 Å². The van der Waals surface area contributed by atoms with E-state index >= 15 is 0 Å². The molecule has 2 rings (SSSR count). The van der Waals surface area contributed by atoms with Gasteiger partial charge in [0.2, 0.25) is 5.91 Å². The quantitative estimate of drug-likeness (QED) is 0.798. The van der Waals surface area contributed by atoms with Gasteiger partial charge in [0, 0.05) is 18.8 Å². The Balaban J connectivity index is 0.00000162. The van der Waals surface area contributed by atoms with E-state index in [1.54, 1.807) is 23.1 Å². The number of rotatable bonds is 2. The number of carbonyl (C=O) groups excluding carboxylic acids is 1. The highest BCUT2D eigenvalue weighted by molar-refractivity contribution is 5.85. The van der Waals surface area contributed by atoms with Crippen molar-refractivity contribution in [2.45, 2.75) is 19.0 Å². The minimum Gasteiger partial charge on any atom is -0.398 e. The van der Waals surface area contributed by atoms with Gasteiger partial charge in [0.15, 0.2) is 0 Å². The summed E-state index contributed by atoms with van der Waals surface area (Å²) < 4.78 is 0. The SMILES string of the molecule is Cl.Cl.N#Cc1ccc(N)c(CN2CCC(N)C2=O)c1. The number of nitrogens with two attached hydrogens (primary N) is 2. The number of hydrogen-bond acceptors (Lipinski definition) is 4. The van der Waals surface area contributed by atoms with Gasteiger partial charge in [-0.25, -0.2) is 0 Å². The smallest absolute Gasteiger partial charge is 0.239 e. The number of nitrogen functional groups attached to an aromatic ring is 1. The maximum absolute atomic E-state index is 11.7. The van der Waals surface area contributed by atoms with Crippen LogP contribution in [-0.4, -0.2) is 23.4 Å². The highest BCUT2D eigenvalue weighted by atomic mass is 35.5. The van der Waals surface area contributed by atoms with Crippen LogP contribution in [0.1, 0.15) is 17.5 Å². The molecule has 0 aromatic heterocycles. The van der Waals surface area contributed by atoms with E-state index in [1.807, 2.05) is 0 Å². The summed E-state index contributed by atoms with van der Waals surface area (Å²) in [5.74, 6) is -0.0493. The summed E-state index contributed by atoms with van der Waals surface area (Å²) in [4.78, 5) is 13.3. The molecule has 0 spiro atoms. The lowest BCUT2D eigenvalue weighted by atomic mass is 10.1. The summed E-state index contributed by atoms with van der Waals surface area (Å²) in [7, 11) is 0. The van der Waals surface area contributed by atoms with E-state index in [4.69, 9.17) is 16.7 Å². The number of nitrogens with zero attached hydrogens (tertiary/aromatic N) is 2. The predicted molar refractivity (Wildman–Crippen MR) is 78.1 cm³/mol. The summed E-state index contributed by atoms with van der Waals surface area (Å²) >= 11 is 0. The molecule has 1 aromatic rings. The largest absolute Gasteiger partial charge is 0.398 e. The van der Waals surface area contributed by atoms with Crippen LogP contribution in [0.4, 0.5) is 5.69 Å². The average molecular weight is 303 g/mol. The molecule has 1 unspecified atom stereocenters. The van der Waals surface area contributed by atoms with Crippen molar-refractivity contribution in [3.63, 3.8) is 0 Å². The number of amides is 1. The molecule has 0 aliphatic carbocycles. The standard InChI is InChI=1S/C12H14N4O.2ClH/c13-6-8-1-2-10(14)9(5-8)7-16-4-3-11(15)12(16)17;;/h1-2,5,11H,3-4,7,14-15H2;2*1H. The molecule has 0 bridgehead atoms. The lowest BCUT2D eigenvalue weighted by Gasteiger charge is -2.17. The third kappa shape index (κ3) is 3.74. The molecule has 1 heterocycles. The maximum Gasteiger partial charge on any atom is 0.239 e. The topological polar surface area (TPSA) is 96.1 Å². The molecule has 1 atom stereocenters. The molecule has 0 radical (unpaired) electrons. The first-order valence-electron chi connectivity index (χ1n) is 5.44. The Morgan fingerprint density at radius 3 is 2.63 bits per heavy atom. The summed E-state index contributed by atoms with van der Waals surface area (Å²) in [5.41, 5.74) is 13.4. The number of nitriles is 1. The van der Waals surface area contributed by atoms with Gasteiger partial charge in [0.25, 0.3) is 0 Å². The number of benzene rings is 1. The first-order valence-corrected chi connectivity index (χ1v) is 5.44. The molecule has 1 aromatic carbocycles. The first-order chi connectivity index (χ1) is 8.11. The van der Waals surface area contributed by atoms with Gasteiger partial charge in [-0.2, -0.15) is 5.26 Å². The van der Waals surface area contributed by atoms with Crippen molar-refractivity contribution >= 4 is 36.4 Å². The van der Waals surface area contributed by atoms with Crippen LogP contribution in [0.3, 0.4) is 0 Å². The fraction of sp³-hybridized carbons (Fsp3) is 0.333. The van der Waals surface area contributed by atoms with E-state index in [2.05, 4.69) is 6.07 Å². The molecule has 1 aliphatic rings. The molecular formula is C12H16Cl2N4O. The van der Waals surface area contributed by atoms with Crippen molar-refractivity contribution in [1.29, 1.82) is 5.26 Å². The zero-order valence-corrected chi connectivity index (χ0v) is 11.8. The lowest BCUT2D eigenvalue weighted by molar-refractivity contribution is -0.129. The normalized spacial score (nSPS) is 17.4. The molecule has 0 saturated carbocycles. The van der Waals surface area contributed by atoms with Gasteiger partial charge in [-0.3, -0.25) is 4.79 Å². The predicted octanol–water partition coefficient (Wildman–Crippen LogP) is 1.04. The van der Waals surface area contributed by atoms with Gasteiger partial charge in [-0.15, -0.1) is 24.8 Å². The van der Waals surface area contributed by atoms with Gasteiger partial charge < -0.3 is 16.4 Å². The van der Waals surface area contributed by atoms with Gasteiger partial charge in [0.1, 0.15) is 0 Å². The molecule has 1 saturated heterocycles. The Morgan fingerprint density at radius 1 is 1.42 bits per heavy atom. The molecule has 19 heavy (non-hydrogen) atoms.